The molecule has 150 valence electrons. The summed E-state index contributed by atoms with van der Waals surface area (Å²) in [6.45, 7) is 8.34. The zero-order chi connectivity index (χ0) is 20.9. The molecule has 0 aliphatic rings. The lowest BCUT2D eigenvalue weighted by atomic mass is 10.2. The largest absolute Gasteiger partial charge is 0.506 e. The van der Waals surface area contributed by atoms with Gasteiger partial charge in [0.1, 0.15) is 0 Å². The van der Waals surface area contributed by atoms with Gasteiger partial charge in [0, 0.05) is 6.42 Å². The number of hydrogen-bond acceptors (Lipinski definition) is 2. The maximum absolute atomic E-state index is 13.0. The SMILES string of the molecule is CCCCC(=O)O[Si](c1ccc(C)cc1)(c1ccc(C)cc1)c1ccc(C)cc1. The highest BCUT2D eigenvalue weighted by Gasteiger charge is 2.45. The summed E-state index contributed by atoms with van der Waals surface area (Å²) < 4.78 is 6.52. The van der Waals surface area contributed by atoms with E-state index in [0.717, 1.165) is 28.4 Å². The minimum Gasteiger partial charge on any atom is -0.506 e. The van der Waals surface area contributed by atoms with Crippen molar-refractivity contribution in [3.8, 4) is 0 Å². The smallest absolute Gasteiger partial charge is 0.350 e. The Morgan fingerprint density at radius 3 is 1.34 bits per heavy atom. The van der Waals surface area contributed by atoms with Crippen molar-refractivity contribution in [2.75, 3.05) is 0 Å². The summed E-state index contributed by atoms with van der Waals surface area (Å²) in [5.74, 6) is -0.111. The van der Waals surface area contributed by atoms with E-state index in [-0.39, 0.29) is 5.97 Å². The number of hydrogen-bond donors (Lipinski definition) is 0. The first-order valence-electron chi connectivity index (χ1n) is 10.4. The molecule has 0 fully saturated rings. The summed E-state index contributed by atoms with van der Waals surface area (Å²) in [5.41, 5.74) is 3.59. The van der Waals surface area contributed by atoms with Crippen molar-refractivity contribution in [3.63, 3.8) is 0 Å². The molecule has 0 spiro atoms. The zero-order valence-electron chi connectivity index (χ0n) is 17.9. The van der Waals surface area contributed by atoms with Gasteiger partial charge in [-0.1, -0.05) is 103 Å². The third-order valence-corrected chi connectivity index (χ3v) is 9.35. The summed E-state index contributed by atoms with van der Waals surface area (Å²) in [6, 6.07) is 25.5. The minimum absolute atomic E-state index is 0.111. The molecular formula is C26H30O2Si. The van der Waals surface area contributed by atoms with Crippen molar-refractivity contribution in [1.29, 1.82) is 0 Å². The first kappa shape index (κ1) is 21.1. The normalized spacial score (nSPS) is 11.3. The topological polar surface area (TPSA) is 26.3 Å². The van der Waals surface area contributed by atoms with E-state index in [4.69, 9.17) is 4.43 Å². The Kier molecular flexibility index (Phi) is 6.70. The number of aryl methyl sites for hydroxylation is 3. The highest BCUT2D eigenvalue weighted by atomic mass is 28.4. The number of carbonyl (C=O) groups excluding carboxylic acids is 1. The van der Waals surface area contributed by atoms with Gasteiger partial charge in [-0.05, 0) is 42.8 Å². The Morgan fingerprint density at radius 2 is 1.03 bits per heavy atom. The van der Waals surface area contributed by atoms with E-state index in [1.807, 2.05) is 0 Å². The van der Waals surface area contributed by atoms with Crippen LogP contribution in [0.25, 0.3) is 0 Å². The average Bonchev–Trinajstić information content (AvgIpc) is 2.72. The van der Waals surface area contributed by atoms with Crippen molar-refractivity contribution in [1.82, 2.24) is 0 Å². The first-order valence-corrected chi connectivity index (χ1v) is 12.3. The third kappa shape index (κ3) is 4.68. The van der Waals surface area contributed by atoms with Crippen LogP contribution in [0.15, 0.2) is 72.8 Å². The van der Waals surface area contributed by atoms with Crippen LogP contribution in [0.5, 0.6) is 0 Å². The lowest BCUT2D eigenvalue weighted by Crippen LogP contribution is -2.70. The summed E-state index contributed by atoms with van der Waals surface area (Å²) in [4.78, 5) is 13.0. The van der Waals surface area contributed by atoms with Crippen LogP contribution in [0.1, 0.15) is 42.9 Å². The Bertz CT molecular complexity index is 831. The molecule has 0 unspecified atom stereocenters. The summed E-state index contributed by atoms with van der Waals surface area (Å²) in [7, 11) is -2.96. The fraction of sp³-hybridized carbons (Fsp3) is 0.269. The monoisotopic (exact) mass is 402 g/mol. The molecule has 2 nitrogen and oxygen atoms in total. The second-order valence-electron chi connectivity index (χ2n) is 7.86. The Hall–Kier alpha value is -2.65. The van der Waals surface area contributed by atoms with Crippen molar-refractivity contribution in [2.45, 2.75) is 47.0 Å². The van der Waals surface area contributed by atoms with Crippen LogP contribution in [0.2, 0.25) is 0 Å². The molecule has 3 heteroatoms. The van der Waals surface area contributed by atoms with E-state index in [9.17, 15) is 4.79 Å². The molecule has 0 amide bonds. The molecule has 0 N–H and O–H groups in total. The zero-order valence-corrected chi connectivity index (χ0v) is 18.9. The molecule has 0 saturated heterocycles. The van der Waals surface area contributed by atoms with E-state index in [0.29, 0.717) is 6.42 Å². The fourth-order valence-corrected chi connectivity index (χ4v) is 7.29. The molecule has 3 rings (SSSR count). The Morgan fingerprint density at radius 1 is 0.690 bits per heavy atom. The van der Waals surface area contributed by atoms with E-state index in [1.165, 1.54) is 16.7 Å². The quantitative estimate of drug-likeness (QED) is 0.435. The molecular weight excluding hydrogens is 372 g/mol. The highest BCUT2D eigenvalue weighted by molar-refractivity contribution is 7.07. The number of rotatable bonds is 7. The predicted molar refractivity (Wildman–Crippen MR) is 124 cm³/mol. The first-order chi connectivity index (χ1) is 14.0. The van der Waals surface area contributed by atoms with E-state index < -0.39 is 8.32 Å². The summed E-state index contributed by atoms with van der Waals surface area (Å²) >= 11 is 0. The Labute approximate surface area is 175 Å². The molecule has 0 aliphatic heterocycles. The van der Waals surface area contributed by atoms with Gasteiger partial charge >= 0.3 is 8.32 Å². The average molecular weight is 403 g/mol. The van der Waals surface area contributed by atoms with Gasteiger partial charge in [-0.3, -0.25) is 4.79 Å². The van der Waals surface area contributed by atoms with Gasteiger partial charge in [0.15, 0.2) is 0 Å². The van der Waals surface area contributed by atoms with Gasteiger partial charge in [0.25, 0.3) is 5.97 Å². The fourth-order valence-electron chi connectivity index (χ4n) is 3.58. The molecule has 0 saturated carbocycles. The van der Waals surface area contributed by atoms with E-state index in [1.54, 1.807) is 0 Å². The number of unbranched alkanes of at least 4 members (excludes halogenated alkanes) is 1. The second-order valence-corrected chi connectivity index (χ2v) is 11.2. The van der Waals surface area contributed by atoms with Crippen LogP contribution in [-0.4, -0.2) is 14.3 Å². The highest BCUT2D eigenvalue weighted by Crippen LogP contribution is 2.14. The minimum atomic E-state index is -2.96. The lowest BCUT2D eigenvalue weighted by Gasteiger charge is -2.32. The predicted octanol–water partition coefficient (Wildman–Crippen LogP) is 4.31. The van der Waals surface area contributed by atoms with Crippen molar-refractivity contribution >= 4 is 29.8 Å². The van der Waals surface area contributed by atoms with E-state index in [2.05, 4.69) is 100 Å². The van der Waals surface area contributed by atoms with Gasteiger partial charge in [0.05, 0.1) is 0 Å². The maximum atomic E-state index is 13.0. The van der Waals surface area contributed by atoms with Gasteiger partial charge in [-0.15, -0.1) is 0 Å². The maximum Gasteiger partial charge on any atom is 0.350 e. The van der Waals surface area contributed by atoms with Crippen LogP contribution in [-0.2, 0) is 9.22 Å². The summed E-state index contributed by atoms with van der Waals surface area (Å²) in [5, 5.41) is 3.29. The van der Waals surface area contributed by atoms with Gasteiger partial charge in [0.2, 0.25) is 0 Å². The van der Waals surface area contributed by atoms with Crippen molar-refractivity contribution in [3.05, 3.63) is 89.5 Å². The third-order valence-electron chi connectivity index (χ3n) is 5.38. The van der Waals surface area contributed by atoms with Crippen molar-refractivity contribution < 1.29 is 9.22 Å². The van der Waals surface area contributed by atoms with Crippen LogP contribution >= 0.6 is 0 Å². The van der Waals surface area contributed by atoms with Crippen LogP contribution < -0.4 is 15.6 Å². The molecule has 29 heavy (non-hydrogen) atoms. The molecule has 3 aromatic rings. The van der Waals surface area contributed by atoms with Gasteiger partial charge in [-0.25, -0.2) is 0 Å². The number of carbonyl (C=O) groups is 1. The van der Waals surface area contributed by atoms with Crippen LogP contribution in [0.3, 0.4) is 0 Å². The van der Waals surface area contributed by atoms with Crippen molar-refractivity contribution in [2.24, 2.45) is 0 Å². The Balaban J connectivity index is 2.24. The van der Waals surface area contributed by atoms with E-state index >= 15 is 0 Å². The lowest BCUT2D eigenvalue weighted by molar-refractivity contribution is -0.134. The van der Waals surface area contributed by atoms with Gasteiger partial charge < -0.3 is 4.43 Å². The summed E-state index contributed by atoms with van der Waals surface area (Å²) in [6.07, 6.45) is 2.27. The molecule has 0 aliphatic carbocycles. The molecule has 3 aromatic carbocycles. The molecule has 0 aromatic heterocycles. The molecule has 0 radical (unpaired) electrons. The number of benzene rings is 3. The molecule has 0 atom stereocenters. The standard InChI is InChI=1S/C26H30O2Si/c1-5-6-7-26(27)28-29(23-14-8-20(2)9-15-23,24-16-10-21(3)11-17-24)25-18-12-22(4)13-19-25/h8-19H,5-7H2,1-4H3. The second kappa shape index (κ2) is 9.23. The van der Waals surface area contributed by atoms with Crippen LogP contribution in [0.4, 0.5) is 0 Å². The van der Waals surface area contributed by atoms with Crippen LogP contribution in [0, 0.1) is 20.8 Å². The molecule has 0 bridgehead atoms. The van der Waals surface area contributed by atoms with Gasteiger partial charge in [-0.2, -0.15) is 0 Å². The molecule has 0 heterocycles.